The SMILES string of the molecule is Cc1cc(-c2ccnc3cc(-c4ccc(CN5CCC(c6ccc(NC7CCC(=O)NC7=O)cc6)CC5)cc4)nn23)ccc1CNC(=O)c1noc(C(C)(C)C)n1.O=C(O)C(F)(F)F. The molecule has 2 saturated heterocycles. The van der Waals surface area contributed by atoms with Crippen molar-refractivity contribution in [1.29, 1.82) is 0 Å². The Balaban J connectivity index is 0.000000809. The monoisotopic (exact) mass is 879 g/mol. The van der Waals surface area contributed by atoms with E-state index in [0.29, 0.717) is 31.2 Å². The van der Waals surface area contributed by atoms with Gasteiger partial charge in [0.15, 0.2) is 5.65 Å². The first-order chi connectivity index (χ1) is 30.4. The van der Waals surface area contributed by atoms with Gasteiger partial charge in [0.25, 0.3) is 11.7 Å². The molecule has 1 atom stereocenters. The predicted molar refractivity (Wildman–Crippen MR) is 230 cm³/mol. The van der Waals surface area contributed by atoms with Crippen LogP contribution in [0.5, 0.6) is 0 Å². The number of aromatic nitrogens is 5. The van der Waals surface area contributed by atoms with Crippen LogP contribution in [0.4, 0.5) is 18.9 Å². The number of imide groups is 1. The van der Waals surface area contributed by atoms with Gasteiger partial charge in [-0.15, -0.1) is 0 Å². The van der Waals surface area contributed by atoms with Gasteiger partial charge >= 0.3 is 12.1 Å². The number of piperidine rings is 2. The number of aryl methyl sites for hydroxylation is 1. The quantitative estimate of drug-likeness (QED) is 0.101. The number of nitrogens with one attached hydrogen (secondary N) is 3. The number of hydrogen-bond acceptors (Lipinski definition) is 11. The number of halogens is 3. The Labute approximate surface area is 366 Å². The summed E-state index contributed by atoms with van der Waals surface area (Å²) < 4.78 is 38.9. The Hall–Kier alpha value is -6.95. The number of benzene rings is 3. The largest absolute Gasteiger partial charge is 0.490 e. The second-order valence-corrected chi connectivity index (χ2v) is 16.9. The van der Waals surface area contributed by atoms with Crippen molar-refractivity contribution in [3.8, 4) is 22.5 Å². The Bertz CT molecular complexity index is 2650. The molecule has 3 aromatic heterocycles. The number of fused-ring (bicyclic) bond motifs is 1. The fourth-order valence-corrected chi connectivity index (χ4v) is 7.53. The molecule has 4 N–H and O–H groups in total. The minimum Gasteiger partial charge on any atom is -0.475 e. The third-order valence-corrected chi connectivity index (χ3v) is 11.2. The summed E-state index contributed by atoms with van der Waals surface area (Å²) in [5, 5.41) is 24.5. The molecule has 6 aromatic rings. The van der Waals surface area contributed by atoms with Gasteiger partial charge in [0, 0.05) is 54.0 Å². The number of nitrogens with zero attached hydrogens (tertiary/aromatic N) is 6. The summed E-state index contributed by atoms with van der Waals surface area (Å²) in [7, 11) is 0. The van der Waals surface area contributed by atoms with Crippen LogP contribution in [0, 0.1) is 6.92 Å². The smallest absolute Gasteiger partial charge is 0.475 e. The first-order valence-electron chi connectivity index (χ1n) is 20.8. The number of amides is 3. The highest BCUT2D eigenvalue weighted by Gasteiger charge is 2.38. The topological polar surface area (TPSA) is 197 Å². The predicted octanol–water partition coefficient (Wildman–Crippen LogP) is 7.21. The summed E-state index contributed by atoms with van der Waals surface area (Å²) in [5.74, 6) is -2.65. The van der Waals surface area contributed by atoms with Gasteiger partial charge in [-0.05, 0) is 91.7 Å². The van der Waals surface area contributed by atoms with Gasteiger partial charge in [-0.25, -0.2) is 14.3 Å². The van der Waals surface area contributed by atoms with E-state index in [-0.39, 0.29) is 35.0 Å². The molecule has 0 aliphatic carbocycles. The zero-order valence-electron chi connectivity index (χ0n) is 35.7. The Morgan fingerprint density at radius 1 is 0.922 bits per heavy atom. The number of likely N-dealkylation sites (tertiary alicyclic amines) is 1. The fraction of sp³-hybridized carbons (Fsp3) is 0.348. The summed E-state index contributed by atoms with van der Waals surface area (Å²) in [4.78, 5) is 56.6. The van der Waals surface area contributed by atoms with E-state index in [4.69, 9.17) is 19.5 Å². The Morgan fingerprint density at radius 2 is 1.61 bits per heavy atom. The van der Waals surface area contributed by atoms with Gasteiger partial charge in [0.2, 0.25) is 17.7 Å². The van der Waals surface area contributed by atoms with Crippen LogP contribution in [0.2, 0.25) is 0 Å². The molecule has 0 bridgehead atoms. The summed E-state index contributed by atoms with van der Waals surface area (Å²) >= 11 is 0. The fourth-order valence-electron chi connectivity index (χ4n) is 7.53. The molecule has 3 amide bonds. The lowest BCUT2D eigenvalue weighted by atomic mass is 9.89. The summed E-state index contributed by atoms with van der Waals surface area (Å²) in [6.45, 7) is 11.2. The maximum atomic E-state index is 12.7. The molecule has 5 heterocycles. The van der Waals surface area contributed by atoms with Gasteiger partial charge in [-0.2, -0.15) is 23.3 Å². The van der Waals surface area contributed by atoms with Crippen LogP contribution < -0.4 is 16.0 Å². The number of carboxylic acid groups (broad SMARTS) is 1. The third-order valence-electron chi connectivity index (χ3n) is 11.2. The Morgan fingerprint density at radius 3 is 2.23 bits per heavy atom. The zero-order chi connectivity index (χ0) is 45.8. The van der Waals surface area contributed by atoms with E-state index in [0.717, 1.165) is 77.5 Å². The minimum atomic E-state index is -5.08. The molecule has 0 spiro atoms. The molecule has 18 heteroatoms. The molecule has 0 saturated carbocycles. The number of aliphatic carboxylic acids is 1. The number of hydrogen-bond donors (Lipinski definition) is 4. The molecule has 8 rings (SSSR count). The number of carbonyl (C=O) groups excluding carboxylic acids is 3. The standard InChI is InChI=1S/C44H47N9O4.C2HF3O2/c1-27-23-32(9-10-33(27)25-46-42(56)40-49-43(57-51-40)44(2,3)4)37-17-20-45-38-24-36(50-53(37)38)31-7-5-28(6-8-31)26-52-21-18-30(19-22-52)29-11-13-34(14-12-29)47-35-15-16-39(54)48-41(35)55;3-2(4,5)1(6)7/h5-14,17,20,23-24,30,35,47H,15-16,18-19,21-22,25-26H2,1-4H3,(H,46,56)(H,48,54,55);(H,6,7). The van der Waals surface area contributed by atoms with Gasteiger partial charge in [0.1, 0.15) is 6.04 Å². The molecule has 2 fully saturated rings. The Kier molecular flexibility index (Phi) is 13.2. The lowest BCUT2D eigenvalue weighted by Gasteiger charge is -2.32. The minimum absolute atomic E-state index is 0.0259. The number of carboxylic acids is 1. The molecule has 2 aliphatic rings. The van der Waals surface area contributed by atoms with E-state index >= 15 is 0 Å². The molecule has 64 heavy (non-hydrogen) atoms. The van der Waals surface area contributed by atoms with E-state index in [9.17, 15) is 27.6 Å². The third kappa shape index (κ3) is 11.0. The molecule has 3 aromatic carbocycles. The first kappa shape index (κ1) is 45.1. The zero-order valence-corrected chi connectivity index (χ0v) is 35.7. The van der Waals surface area contributed by atoms with Gasteiger partial charge in [0.05, 0.1) is 11.4 Å². The molecular weight excluding hydrogens is 832 g/mol. The normalized spacial score (nSPS) is 16.2. The maximum absolute atomic E-state index is 12.7. The highest BCUT2D eigenvalue weighted by atomic mass is 19.4. The van der Waals surface area contributed by atoms with Crippen LogP contribution in [0.15, 0.2) is 89.6 Å². The number of rotatable bonds is 10. The van der Waals surface area contributed by atoms with E-state index in [1.807, 2.05) is 68.6 Å². The van der Waals surface area contributed by atoms with Crippen molar-refractivity contribution in [2.75, 3.05) is 18.4 Å². The lowest BCUT2D eigenvalue weighted by molar-refractivity contribution is -0.192. The highest BCUT2D eigenvalue weighted by Crippen LogP contribution is 2.31. The number of carbonyl (C=O) groups is 4. The van der Waals surface area contributed by atoms with Crippen LogP contribution in [-0.4, -0.2) is 83.7 Å². The second kappa shape index (κ2) is 18.8. The van der Waals surface area contributed by atoms with Crippen molar-refractivity contribution >= 4 is 35.0 Å². The maximum Gasteiger partial charge on any atom is 0.490 e. The van der Waals surface area contributed by atoms with Crippen LogP contribution in [0.3, 0.4) is 0 Å². The van der Waals surface area contributed by atoms with Crippen molar-refractivity contribution in [3.05, 3.63) is 119 Å². The highest BCUT2D eigenvalue weighted by molar-refractivity contribution is 6.01. The first-order valence-corrected chi connectivity index (χ1v) is 20.8. The average Bonchev–Trinajstić information content (AvgIpc) is 3.94. The lowest BCUT2D eigenvalue weighted by Crippen LogP contribution is -2.47. The van der Waals surface area contributed by atoms with Crippen molar-refractivity contribution in [1.82, 2.24) is 40.3 Å². The van der Waals surface area contributed by atoms with Gasteiger partial charge < -0.3 is 20.3 Å². The van der Waals surface area contributed by atoms with Crippen molar-refractivity contribution in [3.63, 3.8) is 0 Å². The summed E-state index contributed by atoms with van der Waals surface area (Å²) in [5.41, 5.74) is 9.73. The number of alkyl halides is 3. The van der Waals surface area contributed by atoms with E-state index in [1.54, 1.807) is 6.20 Å². The van der Waals surface area contributed by atoms with Crippen LogP contribution in [0.25, 0.3) is 28.2 Å². The van der Waals surface area contributed by atoms with Crippen molar-refractivity contribution in [2.45, 2.75) is 90.0 Å². The number of anilines is 1. The average molecular weight is 880 g/mol. The van der Waals surface area contributed by atoms with Crippen LogP contribution in [-0.2, 0) is 32.9 Å². The summed E-state index contributed by atoms with van der Waals surface area (Å²) in [6, 6.07) is 26.8. The second-order valence-electron chi connectivity index (χ2n) is 16.9. The van der Waals surface area contributed by atoms with Crippen molar-refractivity contribution < 1.29 is 42.0 Å². The van der Waals surface area contributed by atoms with Gasteiger partial charge in [-0.3, -0.25) is 24.6 Å². The summed E-state index contributed by atoms with van der Waals surface area (Å²) in [6.07, 6.45) is -0.224. The molecule has 0 radical (unpaired) electrons. The van der Waals surface area contributed by atoms with E-state index in [1.165, 1.54) is 11.1 Å². The molecule has 15 nitrogen and oxygen atoms in total. The molecule has 1 unspecified atom stereocenters. The van der Waals surface area contributed by atoms with E-state index < -0.39 is 12.1 Å². The van der Waals surface area contributed by atoms with Gasteiger partial charge in [-0.1, -0.05) is 74.5 Å². The van der Waals surface area contributed by atoms with Crippen LogP contribution >= 0.6 is 0 Å². The molecular formula is C46H48F3N9O6. The molecule has 2 aliphatic heterocycles. The van der Waals surface area contributed by atoms with Crippen molar-refractivity contribution in [2.24, 2.45) is 0 Å². The van der Waals surface area contributed by atoms with E-state index in [2.05, 4.69) is 78.4 Å². The van der Waals surface area contributed by atoms with Crippen LogP contribution in [0.1, 0.15) is 91.1 Å². The molecule has 334 valence electrons.